The third kappa shape index (κ3) is 23.7. The summed E-state index contributed by atoms with van der Waals surface area (Å²) in [6.07, 6.45) is 0. The molecule has 0 unspecified atom stereocenters. The summed E-state index contributed by atoms with van der Waals surface area (Å²) in [6.45, 7) is 0. The summed E-state index contributed by atoms with van der Waals surface area (Å²) < 4.78 is 0. The Morgan fingerprint density at radius 3 is 0.500 bits per heavy atom. The van der Waals surface area contributed by atoms with E-state index in [-0.39, 0.29) is 35.3 Å². The van der Waals surface area contributed by atoms with Gasteiger partial charge in [-0.25, -0.2) is 0 Å². The van der Waals surface area contributed by atoms with Gasteiger partial charge in [-0.05, 0) is 0 Å². The quantitative estimate of drug-likeness (QED) is 0.265. The van der Waals surface area contributed by atoms with E-state index in [2.05, 4.69) is 0 Å². The van der Waals surface area contributed by atoms with Gasteiger partial charge in [0.05, 0.1) is 0 Å². The minimum atomic E-state index is 0. The first-order valence-electron chi connectivity index (χ1n) is 0. The normalized spacial score (nSPS) is 0. The molecule has 0 heterocycles. The molecule has 0 rings (SSSR count). The summed E-state index contributed by atoms with van der Waals surface area (Å²) in [4.78, 5) is 0. The Morgan fingerprint density at radius 2 is 0.500 bits per heavy atom. The maximum absolute atomic E-state index is 0. The Bertz CT molecular complexity index is 3.25. The molecule has 0 aromatic carbocycles. The van der Waals surface area contributed by atoms with E-state index in [0.717, 1.165) is 0 Å². The van der Waals surface area contributed by atoms with Gasteiger partial charge >= 0.3 is 18.9 Å². The number of rotatable bonds is 0. The molecule has 0 atom stereocenters. The zero-order chi connectivity index (χ0) is 0. The number of hydrogen-bond acceptors (Lipinski definition) is 0. The minimum absolute atomic E-state index is 0. The van der Waals surface area contributed by atoms with Crippen molar-refractivity contribution in [2.75, 3.05) is 0 Å². The van der Waals surface area contributed by atoms with Crippen molar-refractivity contribution in [1.82, 2.24) is 0 Å². The van der Waals surface area contributed by atoms with E-state index in [4.69, 9.17) is 0 Å². The molecule has 0 bridgehead atoms. The van der Waals surface area contributed by atoms with Gasteiger partial charge in [-0.1, -0.05) is 0 Å². The van der Waals surface area contributed by atoms with E-state index < -0.39 is 0 Å². The van der Waals surface area contributed by atoms with Gasteiger partial charge in [-0.3, -0.25) is 0 Å². The molecule has 0 spiro atoms. The second kappa shape index (κ2) is 93.6. The van der Waals surface area contributed by atoms with Crippen molar-refractivity contribution >= 4 is 18.9 Å². The first kappa shape index (κ1) is 238. The van der Waals surface area contributed by atoms with Crippen LogP contribution in [0.2, 0.25) is 0 Å². The zero-order valence-corrected chi connectivity index (χ0v) is 1.50. The fourth-order valence-corrected chi connectivity index (χ4v) is 0. The molecule has 0 saturated carbocycles. The van der Waals surface area contributed by atoms with Crippen molar-refractivity contribution in [3.05, 3.63) is 0 Å². The van der Waals surface area contributed by atoms with Crippen LogP contribution >= 0.6 is 0 Å². The van der Waals surface area contributed by atoms with Crippen LogP contribution in [0.15, 0.2) is 0 Å². The molecule has 26 valence electrons. The fourth-order valence-electron chi connectivity index (χ4n) is 0. The van der Waals surface area contributed by atoms with E-state index in [1.165, 1.54) is 0 Å². The molecular weight excluding hydrogens is 54.9 g/mol. The van der Waals surface area contributed by atoms with Gasteiger partial charge in [0, 0.05) is 0 Å². The Hall–Kier alpha value is 0.477. The molecule has 4 heavy (non-hydrogen) atoms. The average Bonchev–Trinajstić information content (AvgIpc) is 0. The molecular formula is H7LiO3. The Labute approximate surface area is 36.1 Å². The van der Waals surface area contributed by atoms with Gasteiger partial charge < -0.3 is 16.4 Å². The molecule has 0 amide bonds. The summed E-state index contributed by atoms with van der Waals surface area (Å²) in [7, 11) is 0. The predicted octanol–water partition coefficient (Wildman–Crippen LogP) is -3.12. The van der Waals surface area contributed by atoms with Crippen molar-refractivity contribution in [2.45, 2.75) is 0 Å². The second-order valence-corrected chi connectivity index (χ2v) is 0. The second-order valence-electron chi connectivity index (χ2n) is 0. The van der Waals surface area contributed by atoms with E-state index >= 15 is 0 Å². The van der Waals surface area contributed by atoms with Crippen molar-refractivity contribution in [3.63, 3.8) is 0 Å². The molecule has 0 saturated heterocycles. The monoisotopic (exact) mass is 62.1 g/mol. The summed E-state index contributed by atoms with van der Waals surface area (Å²) in [5, 5.41) is 0. The van der Waals surface area contributed by atoms with Gasteiger partial charge in [-0.2, -0.15) is 0 Å². The maximum atomic E-state index is 0. The fraction of sp³-hybridized carbons (Fsp3) is 0. The Morgan fingerprint density at radius 1 is 0.500 bits per heavy atom. The number of hydrogen-bond donors (Lipinski definition) is 0. The van der Waals surface area contributed by atoms with Crippen molar-refractivity contribution in [2.24, 2.45) is 0 Å². The van der Waals surface area contributed by atoms with Crippen LogP contribution in [-0.2, 0) is 0 Å². The van der Waals surface area contributed by atoms with Crippen LogP contribution in [0.3, 0.4) is 0 Å². The van der Waals surface area contributed by atoms with Gasteiger partial charge in [0.1, 0.15) is 0 Å². The summed E-state index contributed by atoms with van der Waals surface area (Å²) in [5.74, 6) is 0. The molecule has 0 aliphatic rings. The van der Waals surface area contributed by atoms with Crippen LogP contribution in [0.1, 0.15) is 0 Å². The molecule has 0 aliphatic heterocycles. The summed E-state index contributed by atoms with van der Waals surface area (Å²) in [5.41, 5.74) is 0. The van der Waals surface area contributed by atoms with Crippen LogP contribution in [0.4, 0.5) is 0 Å². The Balaban J connectivity index is 0. The molecule has 4 heteroatoms. The van der Waals surface area contributed by atoms with Gasteiger partial charge in [0.25, 0.3) is 0 Å². The molecule has 0 aromatic rings. The third-order valence-corrected chi connectivity index (χ3v) is 0. The standard InChI is InChI=1S/Li.3H2O.H/h;3*1H2;. The van der Waals surface area contributed by atoms with Crippen molar-refractivity contribution < 1.29 is 16.4 Å². The topological polar surface area (TPSA) is 94.5 Å². The average molecular weight is 62.0 g/mol. The van der Waals surface area contributed by atoms with Crippen LogP contribution in [0.25, 0.3) is 0 Å². The predicted molar refractivity (Wildman–Crippen MR) is 18.0 cm³/mol. The molecule has 0 radical (unpaired) electrons. The van der Waals surface area contributed by atoms with Crippen molar-refractivity contribution in [3.8, 4) is 0 Å². The molecule has 0 aromatic heterocycles. The summed E-state index contributed by atoms with van der Waals surface area (Å²) in [6, 6.07) is 0. The molecule has 0 fully saturated rings. The van der Waals surface area contributed by atoms with E-state index in [1.807, 2.05) is 0 Å². The molecule has 6 N–H and O–H groups in total. The first-order valence-corrected chi connectivity index (χ1v) is 0. The third-order valence-electron chi connectivity index (χ3n) is 0. The van der Waals surface area contributed by atoms with E-state index in [0.29, 0.717) is 0 Å². The van der Waals surface area contributed by atoms with Crippen molar-refractivity contribution in [1.29, 1.82) is 0 Å². The Kier molecular flexibility index (Phi) is 5560. The van der Waals surface area contributed by atoms with Gasteiger partial charge in [-0.15, -0.1) is 0 Å². The molecule has 0 aliphatic carbocycles. The van der Waals surface area contributed by atoms with Crippen LogP contribution in [0.5, 0.6) is 0 Å². The van der Waals surface area contributed by atoms with Crippen LogP contribution < -0.4 is 0 Å². The van der Waals surface area contributed by atoms with Gasteiger partial charge in [0.15, 0.2) is 0 Å². The molecule has 3 nitrogen and oxygen atoms in total. The van der Waals surface area contributed by atoms with E-state index in [9.17, 15) is 0 Å². The van der Waals surface area contributed by atoms with Crippen LogP contribution in [-0.4, -0.2) is 35.3 Å². The van der Waals surface area contributed by atoms with Crippen LogP contribution in [0, 0.1) is 0 Å². The first-order chi connectivity index (χ1) is 0. The zero-order valence-electron chi connectivity index (χ0n) is 1.50. The SMILES string of the molecule is O.O.O.[LiH]. The summed E-state index contributed by atoms with van der Waals surface area (Å²) >= 11 is 0. The van der Waals surface area contributed by atoms with E-state index in [1.54, 1.807) is 0 Å². The van der Waals surface area contributed by atoms with Gasteiger partial charge in [0.2, 0.25) is 0 Å².